The normalized spacial score (nSPS) is 19.5. The number of aryl methyl sites for hydroxylation is 1. The van der Waals surface area contributed by atoms with Crippen molar-refractivity contribution in [3.05, 3.63) is 81.1 Å². The molecule has 2 aliphatic rings. The second-order valence-electron chi connectivity index (χ2n) is 11.2. The molecule has 208 valence electrons. The number of nitrogens with one attached hydrogen (secondary N) is 1. The van der Waals surface area contributed by atoms with Gasteiger partial charge in [-0.05, 0) is 86.4 Å². The Morgan fingerprint density at radius 2 is 2.03 bits per heavy atom. The van der Waals surface area contributed by atoms with Crippen molar-refractivity contribution in [1.29, 1.82) is 0 Å². The van der Waals surface area contributed by atoms with Crippen molar-refractivity contribution in [3.63, 3.8) is 0 Å². The number of likely N-dealkylation sites (tertiary alicyclic amines) is 1. The van der Waals surface area contributed by atoms with Crippen LogP contribution >= 0.6 is 11.3 Å². The summed E-state index contributed by atoms with van der Waals surface area (Å²) in [4.78, 5) is 12.6. The molecular formula is C31H37F3N4S. The number of rotatable bonds is 9. The standard InChI is InChI=1S/C31H37F3N4S/c1-4-28-37-30(21(3)39-28)29(23-9-5-10-23)24-11-6-12-25(15-24)35-17-27-26(31(32,33)34)14-22(16-36-27)19-38-13-7-8-20(2)18-38/h4,6,11-12,14-16,20,23,29,35H,1,5,7-10,13,17-19H2,2-3H3/t20-,29?/m0/s1. The molecule has 2 atom stereocenters. The Labute approximate surface area is 233 Å². The fourth-order valence-corrected chi connectivity index (χ4v) is 6.78. The van der Waals surface area contributed by atoms with Gasteiger partial charge >= 0.3 is 6.18 Å². The van der Waals surface area contributed by atoms with Gasteiger partial charge in [0.25, 0.3) is 0 Å². The number of hydrogen-bond donors (Lipinski definition) is 1. The van der Waals surface area contributed by atoms with Crippen molar-refractivity contribution in [2.24, 2.45) is 11.8 Å². The van der Waals surface area contributed by atoms with Gasteiger partial charge in [-0.25, -0.2) is 4.98 Å². The second kappa shape index (κ2) is 11.8. The number of hydrogen-bond acceptors (Lipinski definition) is 5. The maximum Gasteiger partial charge on any atom is 0.418 e. The Balaban J connectivity index is 1.34. The number of aromatic nitrogens is 2. The lowest BCUT2D eigenvalue weighted by Crippen LogP contribution is -2.33. The van der Waals surface area contributed by atoms with Gasteiger partial charge in [0.15, 0.2) is 0 Å². The van der Waals surface area contributed by atoms with Gasteiger partial charge in [0.05, 0.1) is 23.5 Å². The molecule has 1 unspecified atom stereocenters. The molecular weight excluding hydrogens is 517 g/mol. The van der Waals surface area contributed by atoms with Gasteiger partial charge in [-0.1, -0.05) is 32.1 Å². The molecule has 3 heterocycles. The van der Waals surface area contributed by atoms with Crippen molar-refractivity contribution in [1.82, 2.24) is 14.9 Å². The first-order chi connectivity index (χ1) is 18.7. The molecule has 0 radical (unpaired) electrons. The molecule has 1 aliphatic carbocycles. The van der Waals surface area contributed by atoms with E-state index in [9.17, 15) is 13.2 Å². The van der Waals surface area contributed by atoms with Crippen LogP contribution in [0.25, 0.3) is 6.08 Å². The first kappa shape index (κ1) is 27.8. The van der Waals surface area contributed by atoms with E-state index in [1.807, 2.05) is 12.1 Å². The summed E-state index contributed by atoms with van der Waals surface area (Å²) in [5.74, 6) is 1.26. The summed E-state index contributed by atoms with van der Waals surface area (Å²) in [5, 5.41) is 4.15. The van der Waals surface area contributed by atoms with E-state index in [-0.39, 0.29) is 18.2 Å². The minimum Gasteiger partial charge on any atom is -0.379 e. The molecule has 5 rings (SSSR count). The third-order valence-electron chi connectivity index (χ3n) is 8.12. The van der Waals surface area contributed by atoms with E-state index in [2.05, 4.69) is 47.8 Å². The summed E-state index contributed by atoms with van der Waals surface area (Å²) < 4.78 is 42.2. The smallest absolute Gasteiger partial charge is 0.379 e. The maximum absolute atomic E-state index is 14.1. The van der Waals surface area contributed by atoms with Crippen LogP contribution in [0.5, 0.6) is 0 Å². The Bertz CT molecular complexity index is 1300. The zero-order valence-electron chi connectivity index (χ0n) is 22.7. The topological polar surface area (TPSA) is 41.1 Å². The third kappa shape index (κ3) is 6.55. The number of thiazole rings is 1. The molecule has 0 spiro atoms. The average Bonchev–Trinajstić information content (AvgIpc) is 3.25. The van der Waals surface area contributed by atoms with E-state index in [0.717, 1.165) is 54.3 Å². The van der Waals surface area contributed by atoms with Crippen molar-refractivity contribution >= 4 is 23.1 Å². The Kier molecular flexibility index (Phi) is 8.43. The molecule has 1 N–H and O–H groups in total. The van der Waals surface area contributed by atoms with E-state index in [0.29, 0.717) is 23.9 Å². The van der Waals surface area contributed by atoms with Gasteiger partial charge in [0.2, 0.25) is 0 Å². The van der Waals surface area contributed by atoms with Gasteiger partial charge in [0, 0.05) is 35.8 Å². The third-order valence-corrected chi connectivity index (χ3v) is 9.11. The molecule has 1 aliphatic heterocycles. The highest BCUT2D eigenvalue weighted by Gasteiger charge is 2.35. The quantitative estimate of drug-likeness (QED) is 0.289. The summed E-state index contributed by atoms with van der Waals surface area (Å²) in [6, 6.07) is 9.34. The molecule has 3 aromatic rings. The van der Waals surface area contributed by atoms with Crippen LogP contribution in [-0.2, 0) is 19.3 Å². The highest BCUT2D eigenvalue weighted by Crippen LogP contribution is 2.45. The fraction of sp³-hybridized carbons (Fsp3) is 0.484. The van der Waals surface area contributed by atoms with Crippen molar-refractivity contribution in [3.8, 4) is 0 Å². The van der Waals surface area contributed by atoms with Crippen LogP contribution in [0.2, 0.25) is 0 Å². The zero-order chi connectivity index (χ0) is 27.6. The maximum atomic E-state index is 14.1. The summed E-state index contributed by atoms with van der Waals surface area (Å²) in [5.41, 5.74) is 3.00. The van der Waals surface area contributed by atoms with E-state index in [4.69, 9.17) is 4.98 Å². The van der Waals surface area contributed by atoms with Crippen LogP contribution in [0.15, 0.2) is 43.1 Å². The molecule has 8 heteroatoms. The number of benzene rings is 1. The van der Waals surface area contributed by atoms with E-state index >= 15 is 0 Å². The average molecular weight is 555 g/mol. The minimum absolute atomic E-state index is 0.00373. The first-order valence-corrected chi connectivity index (χ1v) is 14.7. The Hall–Kier alpha value is -2.71. The van der Waals surface area contributed by atoms with Crippen molar-refractivity contribution < 1.29 is 13.2 Å². The van der Waals surface area contributed by atoms with Gasteiger partial charge in [-0.15, -0.1) is 11.3 Å². The van der Waals surface area contributed by atoms with Gasteiger partial charge in [-0.2, -0.15) is 13.2 Å². The Morgan fingerprint density at radius 1 is 1.21 bits per heavy atom. The predicted molar refractivity (Wildman–Crippen MR) is 153 cm³/mol. The summed E-state index contributed by atoms with van der Waals surface area (Å²) in [7, 11) is 0. The van der Waals surface area contributed by atoms with Crippen LogP contribution in [-0.4, -0.2) is 28.0 Å². The molecule has 1 saturated heterocycles. The van der Waals surface area contributed by atoms with E-state index < -0.39 is 11.7 Å². The lowest BCUT2D eigenvalue weighted by Gasteiger charge is -2.34. The monoisotopic (exact) mass is 554 g/mol. The number of alkyl halides is 3. The second-order valence-corrected chi connectivity index (χ2v) is 12.4. The number of pyridine rings is 1. The minimum atomic E-state index is -4.46. The van der Waals surface area contributed by atoms with Crippen molar-refractivity contribution in [2.75, 3.05) is 18.4 Å². The lowest BCUT2D eigenvalue weighted by atomic mass is 9.71. The first-order valence-electron chi connectivity index (χ1n) is 13.9. The molecule has 1 aromatic carbocycles. The van der Waals surface area contributed by atoms with Gasteiger partial charge in [-0.3, -0.25) is 9.88 Å². The van der Waals surface area contributed by atoms with Crippen LogP contribution < -0.4 is 5.32 Å². The van der Waals surface area contributed by atoms with Crippen LogP contribution in [0.1, 0.15) is 82.9 Å². The molecule has 4 nitrogen and oxygen atoms in total. The zero-order valence-corrected chi connectivity index (χ0v) is 23.5. The molecule has 0 amide bonds. The highest BCUT2D eigenvalue weighted by atomic mass is 32.1. The van der Waals surface area contributed by atoms with Crippen molar-refractivity contribution in [2.45, 2.75) is 71.1 Å². The summed E-state index contributed by atoms with van der Waals surface area (Å²) in [6.07, 6.45) is 4.73. The summed E-state index contributed by atoms with van der Waals surface area (Å²) in [6.45, 7) is 10.5. The Morgan fingerprint density at radius 3 is 2.69 bits per heavy atom. The molecule has 2 fully saturated rings. The molecule has 1 saturated carbocycles. The molecule has 0 bridgehead atoms. The van der Waals surface area contributed by atoms with Crippen LogP contribution in [0, 0.1) is 18.8 Å². The number of piperidine rings is 1. The summed E-state index contributed by atoms with van der Waals surface area (Å²) >= 11 is 1.65. The van der Waals surface area contributed by atoms with Crippen LogP contribution in [0.4, 0.5) is 18.9 Å². The highest BCUT2D eigenvalue weighted by molar-refractivity contribution is 7.12. The fourth-order valence-electron chi connectivity index (χ4n) is 5.96. The van der Waals surface area contributed by atoms with Crippen LogP contribution in [0.3, 0.4) is 0 Å². The van der Waals surface area contributed by atoms with Gasteiger partial charge in [0.1, 0.15) is 5.01 Å². The molecule has 39 heavy (non-hydrogen) atoms. The number of nitrogens with zero attached hydrogens (tertiary/aromatic N) is 3. The largest absolute Gasteiger partial charge is 0.418 e. The van der Waals surface area contributed by atoms with Gasteiger partial charge < -0.3 is 5.32 Å². The van der Waals surface area contributed by atoms with E-state index in [1.165, 1.54) is 23.8 Å². The van der Waals surface area contributed by atoms with E-state index in [1.54, 1.807) is 23.6 Å². The molecule has 2 aromatic heterocycles. The SMILES string of the molecule is C=Cc1nc(C(c2cccc(NCc3ncc(CN4CCC[C@H](C)C4)cc3C(F)(F)F)c2)C2CCC2)c(C)s1. The lowest BCUT2D eigenvalue weighted by molar-refractivity contribution is -0.138. The number of anilines is 1. The number of halogens is 3. The predicted octanol–water partition coefficient (Wildman–Crippen LogP) is 8.28.